The van der Waals surface area contributed by atoms with Crippen molar-refractivity contribution >= 4 is 45.7 Å². The van der Waals surface area contributed by atoms with Crippen LogP contribution in [-0.4, -0.2) is 36.3 Å². The molecular formula is C12H15IN2O2S. The Balaban J connectivity index is 2.18. The number of amides is 2. The molecule has 0 radical (unpaired) electrons. The van der Waals surface area contributed by atoms with E-state index in [1.165, 1.54) is 0 Å². The van der Waals surface area contributed by atoms with Gasteiger partial charge in [0.2, 0.25) is 5.91 Å². The third kappa shape index (κ3) is 2.85. The summed E-state index contributed by atoms with van der Waals surface area (Å²) in [5, 5.41) is 4.51. The molecule has 1 aliphatic heterocycles. The van der Waals surface area contributed by atoms with Gasteiger partial charge in [-0.1, -0.05) is 0 Å². The zero-order chi connectivity index (χ0) is 13.1. The molecule has 1 unspecified atom stereocenters. The summed E-state index contributed by atoms with van der Waals surface area (Å²) >= 11 is 3.75. The highest BCUT2D eigenvalue weighted by molar-refractivity contribution is 14.1. The fraction of sp³-hybridized carbons (Fsp3) is 0.500. The molecule has 1 atom stereocenters. The van der Waals surface area contributed by atoms with Crippen LogP contribution in [0.5, 0.6) is 0 Å². The Hall–Kier alpha value is -0.630. The van der Waals surface area contributed by atoms with Gasteiger partial charge in [0.25, 0.3) is 5.91 Å². The lowest BCUT2D eigenvalue weighted by molar-refractivity contribution is -0.126. The van der Waals surface area contributed by atoms with Gasteiger partial charge in [0.1, 0.15) is 6.04 Å². The Morgan fingerprint density at radius 1 is 1.50 bits per heavy atom. The molecule has 0 aliphatic carbocycles. The number of nitrogens with one attached hydrogen (secondary N) is 1. The van der Waals surface area contributed by atoms with Gasteiger partial charge in [0, 0.05) is 19.0 Å². The number of piperidine rings is 1. The van der Waals surface area contributed by atoms with Crippen LogP contribution >= 0.6 is 33.9 Å². The SMILES string of the molecule is CNC(=O)C1CCCCN1C(=O)c1csc(I)c1. The molecule has 2 heterocycles. The highest BCUT2D eigenvalue weighted by Gasteiger charge is 2.32. The third-order valence-electron chi connectivity index (χ3n) is 3.13. The molecule has 0 spiro atoms. The van der Waals surface area contributed by atoms with E-state index in [1.54, 1.807) is 23.3 Å². The fourth-order valence-electron chi connectivity index (χ4n) is 2.20. The zero-order valence-corrected chi connectivity index (χ0v) is 13.1. The molecule has 1 aromatic heterocycles. The van der Waals surface area contributed by atoms with E-state index in [9.17, 15) is 9.59 Å². The van der Waals surface area contributed by atoms with Gasteiger partial charge < -0.3 is 10.2 Å². The Morgan fingerprint density at radius 2 is 2.28 bits per heavy atom. The summed E-state index contributed by atoms with van der Waals surface area (Å²) in [7, 11) is 1.62. The number of carbonyl (C=O) groups is 2. The second-order valence-electron chi connectivity index (χ2n) is 4.26. The first kappa shape index (κ1) is 13.8. The summed E-state index contributed by atoms with van der Waals surface area (Å²) in [4.78, 5) is 25.9. The van der Waals surface area contributed by atoms with E-state index in [-0.39, 0.29) is 17.9 Å². The molecule has 0 saturated carbocycles. The lowest BCUT2D eigenvalue weighted by Crippen LogP contribution is -2.51. The normalized spacial score (nSPS) is 19.7. The van der Waals surface area contributed by atoms with Crippen molar-refractivity contribution in [3.05, 3.63) is 19.9 Å². The van der Waals surface area contributed by atoms with Crippen LogP contribution in [0.2, 0.25) is 0 Å². The minimum Gasteiger partial charge on any atom is -0.357 e. The van der Waals surface area contributed by atoms with Gasteiger partial charge in [-0.05, 0) is 47.9 Å². The molecular weight excluding hydrogens is 363 g/mol. The molecule has 6 heteroatoms. The highest BCUT2D eigenvalue weighted by atomic mass is 127. The maximum atomic E-state index is 12.4. The number of likely N-dealkylation sites (N-methyl/N-ethyl adjacent to an activating group) is 1. The first-order valence-corrected chi connectivity index (χ1v) is 7.86. The molecule has 0 bridgehead atoms. The van der Waals surface area contributed by atoms with Crippen molar-refractivity contribution in [1.82, 2.24) is 10.2 Å². The van der Waals surface area contributed by atoms with Crippen LogP contribution < -0.4 is 5.32 Å². The smallest absolute Gasteiger partial charge is 0.255 e. The lowest BCUT2D eigenvalue weighted by atomic mass is 10.0. The van der Waals surface area contributed by atoms with Crippen LogP contribution in [0, 0.1) is 2.88 Å². The standard InChI is InChI=1S/C12H15IN2O2S/c1-14-11(16)9-4-2-3-5-15(9)12(17)8-6-10(13)18-7-8/h6-7,9H,2-5H2,1H3,(H,14,16). The third-order valence-corrected chi connectivity index (χ3v) is 4.92. The molecule has 1 aliphatic rings. The summed E-state index contributed by atoms with van der Waals surface area (Å²) in [6.45, 7) is 0.670. The summed E-state index contributed by atoms with van der Waals surface area (Å²) in [5.41, 5.74) is 0.695. The maximum absolute atomic E-state index is 12.4. The molecule has 2 rings (SSSR count). The van der Waals surface area contributed by atoms with E-state index in [1.807, 2.05) is 11.4 Å². The second kappa shape index (κ2) is 6.01. The fourth-order valence-corrected chi connectivity index (χ4v) is 3.52. The van der Waals surface area contributed by atoms with E-state index in [4.69, 9.17) is 0 Å². The number of rotatable bonds is 2. The largest absolute Gasteiger partial charge is 0.357 e. The molecule has 4 nitrogen and oxygen atoms in total. The van der Waals surface area contributed by atoms with Gasteiger partial charge in [0.05, 0.1) is 8.45 Å². The summed E-state index contributed by atoms with van der Waals surface area (Å²) in [6.07, 6.45) is 2.73. The molecule has 98 valence electrons. The quantitative estimate of drug-likeness (QED) is 0.802. The van der Waals surface area contributed by atoms with E-state index < -0.39 is 0 Å². The predicted octanol–water partition coefficient (Wildman–Crippen LogP) is 2.09. The average Bonchev–Trinajstić information content (AvgIpc) is 2.83. The summed E-state index contributed by atoms with van der Waals surface area (Å²) in [5.74, 6) is -0.0876. The van der Waals surface area contributed by atoms with Crippen LogP contribution in [0.25, 0.3) is 0 Å². The van der Waals surface area contributed by atoms with Crippen LogP contribution in [0.15, 0.2) is 11.4 Å². The van der Waals surface area contributed by atoms with Crippen LogP contribution in [0.3, 0.4) is 0 Å². The number of hydrogen-bond acceptors (Lipinski definition) is 3. The average molecular weight is 378 g/mol. The van der Waals surface area contributed by atoms with Crippen molar-refractivity contribution < 1.29 is 9.59 Å². The number of halogens is 1. The zero-order valence-electron chi connectivity index (χ0n) is 10.1. The van der Waals surface area contributed by atoms with Crippen LogP contribution in [0.4, 0.5) is 0 Å². The second-order valence-corrected chi connectivity index (χ2v) is 7.07. The lowest BCUT2D eigenvalue weighted by Gasteiger charge is -2.34. The Bertz CT molecular complexity index is 461. The Labute approximate surface area is 124 Å². The van der Waals surface area contributed by atoms with Gasteiger partial charge in [0.15, 0.2) is 0 Å². The van der Waals surface area contributed by atoms with E-state index in [0.29, 0.717) is 12.1 Å². The van der Waals surface area contributed by atoms with Gasteiger partial charge in [-0.25, -0.2) is 0 Å². The number of thiophene rings is 1. The number of hydrogen-bond donors (Lipinski definition) is 1. The van der Waals surface area contributed by atoms with Crippen molar-refractivity contribution in [1.29, 1.82) is 0 Å². The molecule has 18 heavy (non-hydrogen) atoms. The van der Waals surface area contributed by atoms with E-state index >= 15 is 0 Å². The molecule has 1 saturated heterocycles. The van der Waals surface area contributed by atoms with Crippen molar-refractivity contribution in [2.24, 2.45) is 0 Å². The summed E-state index contributed by atoms with van der Waals surface area (Å²) < 4.78 is 1.09. The molecule has 1 fully saturated rings. The van der Waals surface area contributed by atoms with Crippen molar-refractivity contribution in [2.75, 3.05) is 13.6 Å². The molecule has 1 aromatic rings. The molecule has 0 aromatic carbocycles. The van der Waals surface area contributed by atoms with Crippen molar-refractivity contribution in [3.8, 4) is 0 Å². The first-order chi connectivity index (χ1) is 8.63. The molecule has 2 amide bonds. The van der Waals surface area contributed by atoms with Crippen molar-refractivity contribution in [3.63, 3.8) is 0 Å². The Kier molecular flexibility index (Phi) is 4.60. The number of carbonyl (C=O) groups excluding carboxylic acids is 2. The first-order valence-electron chi connectivity index (χ1n) is 5.90. The van der Waals surface area contributed by atoms with Gasteiger partial charge in [-0.2, -0.15) is 0 Å². The predicted molar refractivity (Wildman–Crippen MR) is 79.8 cm³/mol. The Morgan fingerprint density at radius 3 is 2.89 bits per heavy atom. The number of nitrogens with zero attached hydrogens (tertiary/aromatic N) is 1. The topological polar surface area (TPSA) is 49.4 Å². The van der Waals surface area contributed by atoms with Crippen LogP contribution in [0.1, 0.15) is 29.6 Å². The minimum absolute atomic E-state index is 0.0255. The molecule has 1 N–H and O–H groups in total. The van der Waals surface area contributed by atoms with Crippen molar-refractivity contribution in [2.45, 2.75) is 25.3 Å². The number of likely N-dealkylation sites (tertiary alicyclic amines) is 1. The highest BCUT2D eigenvalue weighted by Crippen LogP contribution is 2.23. The summed E-state index contributed by atoms with van der Waals surface area (Å²) in [6, 6.07) is 1.57. The van der Waals surface area contributed by atoms with Crippen LogP contribution in [-0.2, 0) is 4.79 Å². The van der Waals surface area contributed by atoms with E-state index in [2.05, 4.69) is 27.9 Å². The van der Waals surface area contributed by atoms with E-state index in [0.717, 1.165) is 22.1 Å². The minimum atomic E-state index is -0.311. The van der Waals surface area contributed by atoms with Gasteiger partial charge >= 0.3 is 0 Å². The van der Waals surface area contributed by atoms with Gasteiger partial charge in [-0.3, -0.25) is 9.59 Å². The monoisotopic (exact) mass is 378 g/mol. The van der Waals surface area contributed by atoms with Gasteiger partial charge in [-0.15, -0.1) is 11.3 Å². The maximum Gasteiger partial charge on any atom is 0.255 e.